The standard InChI is InChI=1S/C11H20N2O.C9H18O.C8H8O.C5H10O.C3H6.CH4O2.CH4O/c1-5-8-10(12-7-3)13-11(14)9(4)6-2;1-3-4-5-9-7-6-8(2)10-9;1-7(9)8-5-3-2-4-6-8;1-5(2)3-4-6;1-3-2;2-1-3;1-2/h5,8-9H,6-7H2,1-4H3,(H,12,13,14);8-9H,3-7H2,1-2H3;2-6H,1H3;4-5H,3H2,1-2H3;3H,1H2,2H3;2-3H,1H2;2H,1H3/b8-5-;;;;;;. The zero-order valence-corrected chi connectivity index (χ0v) is 31.5. The third-order valence-electron chi connectivity index (χ3n) is 5.91. The van der Waals surface area contributed by atoms with E-state index in [1.54, 1.807) is 13.0 Å². The Kier molecular flexibility index (Phi) is 49.0. The van der Waals surface area contributed by atoms with Gasteiger partial charge in [-0.25, -0.2) is 0 Å². The van der Waals surface area contributed by atoms with Crippen molar-refractivity contribution in [2.24, 2.45) is 16.8 Å². The van der Waals surface area contributed by atoms with Crippen LogP contribution < -0.4 is 5.32 Å². The van der Waals surface area contributed by atoms with E-state index in [-0.39, 0.29) is 17.6 Å². The van der Waals surface area contributed by atoms with Crippen LogP contribution in [0.5, 0.6) is 0 Å². The first kappa shape index (κ1) is 53.5. The summed E-state index contributed by atoms with van der Waals surface area (Å²) in [6, 6.07) is 9.23. The number of nitrogens with one attached hydrogen (secondary N) is 1. The quantitative estimate of drug-likeness (QED) is 0.0499. The van der Waals surface area contributed by atoms with Crippen molar-refractivity contribution in [3.63, 3.8) is 0 Å². The number of unbranched alkanes of at least 4 members (excludes halogenated alkanes) is 1. The second-order valence-electron chi connectivity index (χ2n) is 10.7. The third kappa shape index (κ3) is 43.0. The van der Waals surface area contributed by atoms with Crippen LogP contribution in [0.2, 0.25) is 0 Å². The molecule has 1 aliphatic heterocycles. The van der Waals surface area contributed by atoms with Crippen LogP contribution in [0.4, 0.5) is 0 Å². The number of hydrogen-bond acceptors (Lipinski definition) is 8. The number of carbonyl (C=O) groups excluding carboxylic acids is 3. The molecule has 1 aliphatic rings. The number of aldehydes is 1. The van der Waals surface area contributed by atoms with E-state index in [2.05, 4.69) is 30.7 Å². The van der Waals surface area contributed by atoms with Gasteiger partial charge >= 0.3 is 0 Å². The fourth-order valence-electron chi connectivity index (χ4n) is 3.29. The molecule has 1 saturated heterocycles. The number of ether oxygens (including phenoxy) is 1. The lowest BCUT2D eigenvalue weighted by Crippen LogP contribution is -2.33. The molecule has 2 rings (SSSR count). The van der Waals surface area contributed by atoms with Gasteiger partial charge in [-0.05, 0) is 72.3 Å². The molecule has 274 valence electrons. The minimum atomic E-state index is -0.750. The van der Waals surface area contributed by atoms with Crippen molar-refractivity contribution < 1.29 is 34.4 Å². The molecule has 3 atom stereocenters. The van der Waals surface area contributed by atoms with E-state index in [1.165, 1.54) is 32.1 Å². The molecule has 0 saturated carbocycles. The zero-order valence-electron chi connectivity index (χ0n) is 31.5. The van der Waals surface area contributed by atoms with Crippen molar-refractivity contribution >= 4 is 23.8 Å². The lowest BCUT2D eigenvalue weighted by atomic mass is 10.1. The van der Waals surface area contributed by atoms with Crippen LogP contribution >= 0.6 is 0 Å². The Bertz CT molecular complexity index is 887. The van der Waals surface area contributed by atoms with Crippen molar-refractivity contribution in [3.8, 4) is 0 Å². The molecular formula is C38H70N2O7. The number of nitrogens with zero attached hydrogens (tertiary/aromatic N) is 1. The number of benzene rings is 1. The van der Waals surface area contributed by atoms with Gasteiger partial charge < -0.3 is 30.2 Å². The molecule has 0 aliphatic carbocycles. The lowest BCUT2D eigenvalue weighted by Gasteiger charge is -2.09. The van der Waals surface area contributed by atoms with Gasteiger partial charge in [0.25, 0.3) is 0 Å². The number of amidine groups is 1. The minimum absolute atomic E-state index is 0.0396. The van der Waals surface area contributed by atoms with Gasteiger partial charge in [-0.3, -0.25) is 14.6 Å². The smallest absolute Gasteiger partial charge is 0.228 e. The van der Waals surface area contributed by atoms with Gasteiger partial charge in [-0.1, -0.05) is 89.9 Å². The second kappa shape index (κ2) is 43.0. The second-order valence-corrected chi connectivity index (χ2v) is 10.7. The predicted molar refractivity (Wildman–Crippen MR) is 199 cm³/mol. The molecule has 3 unspecified atom stereocenters. The minimum Gasteiger partial charge on any atom is -0.400 e. The number of allylic oxidation sites excluding steroid dienone is 2. The number of ketones is 1. The van der Waals surface area contributed by atoms with E-state index in [0.29, 0.717) is 36.9 Å². The number of Topliss-reactive ketones (excluding diaryl/α,β-unsaturated/α-hetero) is 1. The highest BCUT2D eigenvalue weighted by molar-refractivity contribution is 6.04. The van der Waals surface area contributed by atoms with Gasteiger partial charge in [-0.15, -0.1) is 6.58 Å². The largest absolute Gasteiger partial charge is 0.400 e. The Labute approximate surface area is 287 Å². The SMILES string of the molecule is C/C=C\C(=NCC)NC(=O)C(C)CC.C=CC.CC(=O)c1ccccc1.CC(C)CC=O.CCCCC1CCC(C)O1.CO.OCO. The molecule has 0 bridgehead atoms. The van der Waals surface area contributed by atoms with Crippen molar-refractivity contribution in [1.82, 2.24) is 5.32 Å². The first-order valence-electron chi connectivity index (χ1n) is 16.7. The zero-order chi connectivity index (χ0) is 37.5. The van der Waals surface area contributed by atoms with Gasteiger partial charge in [-0.2, -0.15) is 0 Å². The Morgan fingerprint density at radius 2 is 1.60 bits per heavy atom. The molecule has 9 nitrogen and oxygen atoms in total. The highest BCUT2D eigenvalue weighted by Gasteiger charge is 2.20. The fraction of sp³-hybridized carbons (Fsp3) is 0.632. The van der Waals surface area contributed by atoms with Crippen LogP contribution in [0.15, 0.2) is 60.1 Å². The van der Waals surface area contributed by atoms with Crippen LogP contribution in [0, 0.1) is 11.8 Å². The normalized spacial score (nSPS) is 15.0. The summed E-state index contributed by atoms with van der Waals surface area (Å²) in [6.07, 6.45) is 15.5. The molecule has 9 heteroatoms. The van der Waals surface area contributed by atoms with Gasteiger partial charge in [0, 0.05) is 31.6 Å². The summed E-state index contributed by atoms with van der Waals surface area (Å²) in [7, 11) is 1.00. The van der Waals surface area contributed by atoms with E-state index in [0.717, 1.165) is 25.4 Å². The average molecular weight is 667 g/mol. The summed E-state index contributed by atoms with van der Waals surface area (Å²) in [5, 5.41) is 24.0. The van der Waals surface area contributed by atoms with E-state index in [4.69, 9.17) is 20.1 Å². The number of carbonyl (C=O) groups is 3. The molecule has 4 N–H and O–H groups in total. The van der Waals surface area contributed by atoms with E-state index in [1.807, 2.05) is 91.0 Å². The highest BCUT2D eigenvalue weighted by Crippen LogP contribution is 2.22. The van der Waals surface area contributed by atoms with Crippen LogP contribution in [0.25, 0.3) is 0 Å². The van der Waals surface area contributed by atoms with Crippen LogP contribution in [-0.4, -0.2) is 71.8 Å². The summed E-state index contributed by atoms with van der Waals surface area (Å²) >= 11 is 0. The van der Waals surface area contributed by atoms with Crippen LogP contribution in [-0.2, 0) is 14.3 Å². The average Bonchev–Trinajstić information content (AvgIpc) is 3.47. The summed E-state index contributed by atoms with van der Waals surface area (Å²) in [5.41, 5.74) is 0.775. The van der Waals surface area contributed by atoms with E-state index in [9.17, 15) is 14.4 Å². The summed E-state index contributed by atoms with van der Waals surface area (Å²) in [5.74, 6) is 1.39. The number of rotatable bonds is 10. The Hall–Kier alpha value is -2.98. The Morgan fingerprint density at radius 3 is 1.89 bits per heavy atom. The molecule has 1 amide bonds. The molecule has 0 aromatic heterocycles. The maximum absolute atomic E-state index is 11.5. The maximum Gasteiger partial charge on any atom is 0.228 e. The Morgan fingerprint density at radius 1 is 1.06 bits per heavy atom. The summed E-state index contributed by atoms with van der Waals surface area (Å²) < 4.78 is 5.66. The number of aliphatic imine (C=N–C) groups is 1. The third-order valence-corrected chi connectivity index (χ3v) is 5.91. The fourth-order valence-corrected chi connectivity index (χ4v) is 3.29. The van der Waals surface area contributed by atoms with Gasteiger partial charge in [0.05, 0.1) is 12.2 Å². The maximum atomic E-state index is 11.5. The molecule has 1 heterocycles. The molecule has 1 fully saturated rings. The highest BCUT2D eigenvalue weighted by atomic mass is 16.5. The topological polar surface area (TPSA) is 146 Å². The van der Waals surface area contributed by atoms with Gasteiger partial charge in [0.2, 0.25) is 5.91 Å². The summed E-state index contributed by atoms with van der Waals surface area (Å²) in [6.45, 7) is 23.0. The molecule has 0 spiro atoms. The molecular weight excluding hydrogens is 596 g/mol. The van der Waals surface area contributed by atoms with Crippen molar-refractivity contribution in [2.75, 3.05) is 20.4 Å². The molecule has 0 radical (unpaired) electrons. The van der Waals surface area contributed by atoms with Crippen molar-refractivity contribution in [3.05, 3.63) is 60.7 Å². The number of amides is 1. The first-order chi connectivity index (χ1) is 22.4. The van der Waals surface area contributed by atoms with E-state index < -0.39 is 6.79 Å². The Balaban J connectivity index is -0.000000159. The molecule has 1 aromatic rings. The van der Waals surface area contributed by atoms with Gasteiger partial charge in [0.1, 0.15) is 18.9 Å². The van der Waals surface area contributed by atoms with Crippen LogP contribution in [0.1, 0.15) is 125 Å². The number of aliphatic hydroxyl groups excluding tert-OH is 2. The molecule has 1 aromatic carbocycles. The molecule has 47 heavy (non-hydrogen) atoms. The van der Waals surface area contributed by atoms with Crippen LogP contribution in [0.3, 0.4) is 0 Å². The number of hydrogen-bond donors (Lipinski definition) is 4. The first-order valence-corrected chi connectivity index (χ1v) is 16.7. The van der Waals surface area contributed by atoms with Crippen molar-refractivity contribution in [1.29, 1.82) is 0 Å². The van der Waals surface area contributed by atoms with Gasteiger partial charge in [0.15, 0.2) is 5.78 Å². The summed E-state index contributed by atoms with van der Waals surface area (Å²) in [4.78, 5) is 35.9. The van der Waals surface area contributed by atoms with Crippen molar-refractivity contribution in [2.45, 2.75) is 126 Å². The van der Waals surface area contributed by atoms with E-state index >= 15 is 0 Å². The lowest BCUT2D eigenvalue weighted by molar-refractivity contribution is -0.123. The number of aliphatic hydroxyl groups is 3. The monoisotopic (exact) mass is 667 g/mol. The predicted octanol–water partition coefficient (Wildman–Crippen LogP) is 7.74.